The Morgan fingerprint density at radius 1 is 0.810 bits per heavy atom. The van der Waals surface area contributed by atoms with Crippen LogP contribution in [0.2, 0.25) is 0 Å². The van der Waals surface area contributed by atoms with E-state index in [1.54, 1.807) is 0 Å². The maximum atomic E-state index is 4.63. The van der Waals surface area contributed by atoms with Crippen LogP contribution in [0.3, 0.4) is 0 Å². The van der Waals surface area contributed by atoms with Gasteiger partial charge in [-0.15, -0.1) is 0 Å². The molecule has 1 heterocycles. The van der Waals surface area contributed by atoms with E-state index >= 15 is 0 Å². The second-order valence-electron chi connectivity index (χ2n) is 6.34. The largest absolute Gasteiger partial charge is 0.340 e. The SMILES string of the molecule is CC(C)(C)c1ccc(Nc2ccc3ccccc3n2)cc1. The van der Waals surface area contributed by atoms with Gasteiger partial charge >= 0.3 is 0 Å². The Morgan fingerprint density at radius 2 is 1.52 bits per heavy atom. The van der Waals surface area contributed by atoms with Gasteiger partial charge in [0.05, 0.1) is 5.52 Å². The Bertz CT molecular complexity index is 752. The lowest BCUT2D eigenvalue weighted by molar-refractivity contribution is 0.590. The van der Waals surface area contributed by atoms with Crippen molar-refractivity contribution in [3.05, 3.63) is 66.2 Å². The highest BCUT2D eigenvalue weighted by atomic mass is 15.0. The molecule has 0 atom stereocenters. The van der Waals surface area contributed by atoms with Crippen molar-refractivity contribution in [3.8, 4) is 0 Å². The first kappa shape index (κ1) is 13.6. The second-order valence-corrected chi connectivity index (χ2v) is 6.34. The average Bonchev–Trinajstić information content (AvgIpc) is 2.47. The van der Waals surface area contributed by atoms with E-state index in [9.17, 15) is 0 Å². The summed E-state index contributed by atoms with van der Waals surface area (Å²) >= 11 is 0. The molecular formula is C19H20N2. The predicted octanol–water partition coefficient (Wildman–Crippen LogP) is 5.28. The van der Waals surface area contributed by atoms with Crippen LogP contribution in [0.4, 0.5) is 11.5 Å². The molecule has 2 heteroatoms. The van der Waals surface area contributed by atoms with E-state index in [2.05, 4.69) is 67.5 Å². The Hall–Kier alpha value is -2.35. The van der Waals surface area contributed by atoms with Gasteiger partial charge in [-0.2, -0.15) is 0 Å². The molecule has 21 heavy (non-hydrogen) atoms. The fourth-order valence-corrected chi connectivity index (χ4v) is 2.34. The number of benzene rings is 2. The minimum Gasteiger partial charge on any atom is -0.340 e. The molecule has 2 nitrogen and oxygen atoms in total. The molecule has 1 aromatic heterocycles. The summed E-state index contributed by atoms with van der Waals surface area (Å²) in [5.74, 6) is 0.872. The van der Waals surface area contributed by atoms with Crippen molar-refractivity contribution in [1.82, 2.24) is 4.98 Å². The van der Waals surface area contributed by atoms with Gasteiger partial charge in [-0.1, -0.05) is 51.1 Å². The van der Waals surface area contributed by atoms with Gasteiger partial charge in [0.25, 0.3) is 0 Å². The molecule has 3 rings (SSSR count). The fourth-order valence-electron chi connectivity index (χ4n) is 2.34. The molecule has 2 aromatic carbocycles. The highest BCUT2D eigenvalue weighted by Crippen LogP contribution is 2.25. The Kier molecular flexibility index (Phi) is 3.38. The van der Waals surface area contributed by atoms with Crippen LogP contribution in [0.1, 0.15) is 26.3 Å². The van der Waals surface area contributed by atoms with E-state index in [-0.39, 0.29) is 5.41 Å². The van der Waals surface area contributed by atoms with E-state index < -0.39 is 0 Å². The first-order valence-electron chi connectivity index (χ1n) is 7.26. The number of pyridine rings is 1. The number of para-hydroxylation sites is 1. The van der Waals surface area contributed by atoms with Crippen LogP contribution in [0.15, 0.2) is 60.7 Å². The third kappa shape index (κ3) is 3.05. The molecule has 0 aliphatic carbocycles. The van der Waals surface area contributed by atoms with Crippen molar-refractivity contribution in [2.75, 3.05) is 5.32 Å². The van der Waals surface area contributed by atoms with E-state index in [1.807, 2.05) is 24.3 Å². The van der Waals surface area contributed by atoms with E-state index in [4.69, 9.17) is 0 Å². The van der Waals surface area contributed by atoms with Crippen LogP contribution in [-0.2, 0) is 5.41 Å². The number of nitrogens with zero attached hydrogens (tertiary/aromatic N) is 1. The molecule has 0 radical (unpaired) electrons. The molecule has 0 aliphatic rings. The number of anilines is 2. The number of aromatic nitrogens is 1. The van der Waals surface area contributed by atoms with Gasteiger partial charge in [0.1, 0.15) is 5.82 Å². The van der Waals surface area contributed by atoms with Crippen molar-refractivity contribution in [1.29, 1.82) is 0 Å². The summed E-state index contributed by atoms with van der Waals surface area (Å²) in [5, 5.41) is 4.52. The van der Waals surface area contributed by atoms with Crippen LogP contribution in [0.5, 0.6) is 0 Å². The smallest absolute Gasteiger partial charge is 0.131 e. The lowest BCUT2D eigenvalue weighted by Gasteiger charge is -2.19. The van der Waals surface area contributed by atoms with Crippen LogP contribution in [0, 0.1) is 0 Å². The zero-order valence-electron chi connectivity index (χ0n) is 12.7. The molecule has 0 saturated carbocycles. The average molecular weight is 276 g/mol. The zero-order valence-corrected chi connectivity index (χ0v) is 12.7. The topological polar surface area (TPSA) is 24.9 Å². The Balaban J connectivity index is 1.84. The minimum atomic E-state index is 0.180. The standard InChI is InChI=1S/C19H20N2/c1-19(2,3)15-9-11-16(12-10-15)20-18-13-8-14-6-4-5-7-17(14)21-18/h4-13H,1-3H3,(H,20,21). The molecule has 0 fully saturated rings. The highest BCUT2D eigenvalue weighted by Gasteiger charge is 2.12. The fraction of sp³-hybridized carbons (Fsp3) is 0.211. The van der Waals surface area contributed by atoms with Crippen molar-refractivity contribution in [2.45, 2.75) is 26.2 Å². The summed E-state index contributed by atoms with van der Waals surface area (Å²) in [7, 11) is 0. The van der Waals surface area contributed by atoms with Crippen LogP contribution < -0.4 is 5.32 Å². The normalized spacial score (nSPS) is 11.6. The molecular weight excluding hydrogens is 256 g/mol. The zero-order chi connectivity index (χ0) is 14.9. The third-order valence-corrected chi connectivity index (χ3v) is 3.62. The first-order valence-corrected chi connectivity index (χ1v) is 7.26. The molecule has 0 aliphatic heterocycles. The summed E-state index contributed by atoms with van der Waals surface area (Å²) < 4.78 is 0. The summed E-state index contributed by atoms with van der Waals surface area (Å²) in [6.07, 6.45) is 0. The van der Waals surface area contributed by atoms with Crippen LogP contribution in [-0.4, -0.2) is 4.98 Å². The predicted molar refractivity (Wildman–Crippen MR) is 90.2 cm³/mol. The lowest BCUT2D eigenvalue weighted by Crippen LogP contribution is -2.10. The summed E-state index contributed by atoms with van der Waals surface area (Å²) in [6.45, 7) is 6.67. The molecule has 3 aromatic rings. The molecule has 106 valence electrons. The molecule has 1 N–H and O–H groups in total. The monoisotopic (exact) mass is 276 g/mol. The van der Waals surface area contributed by atoms with Crippen LogP contribution >= 0.6 is 0 Å². The maximum Gasteiger partial charge on any atom is 0.131 e. The third-order valence-electron chi connectivity index (χ3n) is 3.62. The van der Waals surface area contributed by atoms with Gasteiger partial charge in [0.2, 0.25) is 0 Å². The van der Waals surface area contributed by atoms with E-state index in [1.165, 1.54) is 5.56 Å². The van der Waals surface area contributed by atoms with Gasteiger partial charge in [0, 0.05) is 11.1 Å². The number of hydrogen-bond donors (Lipinski definition) is 1. The van der Waals surface area contributed by atoms with Crippen molar-refractivity contribution >= 4 is 22.4 Å². The second kappa shape index (κ2) is 5.21. The quantitative estimate of drug-likeness (QED) is 0.689. The van der Waals surface area contributed by atoms with E-state index in [0.717, 1.165) is 22.4 Å². The minimum absolute atomic E-state index is 0.180. The number of nitrogens with one attached hydrogen (secondary N) is 1. The summed E-state index contributed by atoms with van der Waals surface area (Å²) in [6, 6.07) is 20.8. The summed E-state index contributed by atoms with van der Waals surface area (Å²) in [5.41, 5.74) is 3.58. The maximum absolute atomic E-state index is 4.63. The molecule has 0 saturated heterocycles. The first-order chi connectivity index (χ1) is 10.0. The lowest BCUT2D eigenvalue weighted by atomic mass is 9.87. The van der Waals surface area contributed by atoms with Crippen LogP contribution in [0.25, 0.3) is 10.9 Å². The number of rotatable bonds is 2. The highest BCUT2D eigenvalue weighted by molar-refractivity contribution is 5.80. The van der Waals surface area contributed by atoms with Crippen molar-refractivity contribution in [3.63, 3.8) is 0 Å². The Labute approximate surface area is 125 Å². The molecule has 0 bridgehead atoms. The summed E-state index contributed by atoms with van der Waals surface area (Å²) in [4.78, 5) is 4.63. The number of fused-ring (bicyclic) bond motifs is 1. The molecule has 0 spiro atoms. The van der Waals surface area contributed by atoms with Gasteiger partial charge < -0.3 is 5.32 Å². The van der Waals surface area contributed by atoms with Gasteiger partial charge in [0.15, 0.2) is 0 Å². The molecule has 0 amide bonds. The Morgan fingerprint density at radius 3 is 2.24 bits per heavy atom. The van der Waals surface area contributed by atoms with Gasteiger partial charge in [-0.05, 0) is 41.3 Å². The molecule has 0 unspecified atom stereocenters. The number of hydrogen-bond acceptors (Lipinski definition) is 2. The van der Waals surface area contributed by atoms with Gasteiger partial charge in [-0.25, -0.2) is 4.98 Å². The van der Waals surface area contributed by atoms with Gasteiger partial charge in [-0.3, -0.25) is 0 Å². The van der Waals surface area contributed by atoms with E-state index in [0.29, 0.717) is 0 Å². The van der Waals surface area contributed by atoms with Crippen molar-refractivity contribution < 1.29 is 0 Å². The van der Waals surface area contributed by atoms with Crippen molar-refractivity contribution in [2.24, 2.45) is 0 Å².